The lowest BCUT2D eigenvalue weighted by Crippen LogP contribution is -2.26. The van der Waals surface area contributed by atoms with E-state index in [9.17, 15) is 9.59 Å². The Morgan fingerprint density at radius 3 is 2.52 bits per heavy atom. The molecule has 1 unspecified atom stereocenters. The Hall–Kier alpha value is -3.13. The van der Waals surface area contributed by atoms with Crippen molar-refractivity contribution in [2.45, 2.75) is 23.7 Å². The summed E-state index contributed by atoms with van der Waals surface area (Å²) in [5.41, 5.74) is 6.27. The van der Waals surface area contributed by atoms with Gasteiger partial charge in [0, 0.05) is 10.5 Å². The van der Waals surface area contributed by atoms with Crippen LogP contribution in [0, 0.1) is 6.92 Å². The standard InChI is InChI=1S/C19H17N3O4S/c1-12-21-16(26-22-12)11-27-15-10-6-5-9-14(15)19(24)25-17(18(20)23)13-7-3-2-4-8-13/h2-10,17H,11H2,1H3,(H2,20,23). The number of rotatable bonds is 7. The summed E-state index contributed by atoms with van der Waals surface area (Å²) in [5, 5.41) is 3.74. The van der Waals surface area contributed by atoms with Crippen LogP contribution < -0.4 is 5.73 Å². The van der Waals surface area contributed by atoms with Gasteiger partial charge in [-0.15, -0.1) is 11.8 Å². The Morgan fingerprint density at radius 2 is 1.85 bits per heavy atom. The molecule has 2 aromatic carbocycles. The van der Waals surface area contributed by atoms with Crippen molar-refractivity contribution in [1.82, 2.24) is 10.1 Å². The summed E-state index contributed by atoms with van der Waals surface area (Å²) in [6, 6.07) is 15.6. The van der Waals surface area contributed by atoms with E-state index >= 15 is 0 Å². The molecule has 0 fully saturated rings. The first-order valence-electron chi connectivity index (χ1n) is 8.11. The van der Waals surface area contributed by atoms with Crippen LogP contribution in [0.15, 0.2) is 64.0 Å². The predicted molar refractivity (Wildman–Crippen MR) is 98.8 cm³/mol. The number of aromatic nitrogens is 2. The zero-order valence-electron chi connectivity index (χ0n) is 14.5. The number of thioether (sulfide) groups is 1. The quantitative estimate of drug-likeness (QED) is 0.493. The van der Waals surface area contributed by atoms with Crippen molar-refractivity contribution in [2.75, 3.05) is 0 Å². The number of hydrogen-bond donors (Lipinski definition) is 1. The van der Waals surface area contributed by atoms with Crippen LogP contribution in [0.3, 0.4) is 0 Å². The zero-order valence-corrected chi connectivity index (χ0v) is 15.3. The third kappa shape index (κ3) is 4.73. The summed E-state index contributed by atoms with van der Waals surface area (Å²) in [6.45, 7) is 1.73. The number of aryl methyl sites for hydroxylation is 1. The number of ether oxygens (including phenoxy) is 1. The van der Waals surface area contributed by atoms with Crippen LogP contribution in [0.2, 0.25) is 0 Å². The molecule has 138 valence electrons. The number of amides is 1. The van der Waals surface area contributed by atoms with Crippen molar-refractivity contribution in [3.8, 4) is 0 Å². The Morgan fingerprint density at radius 1 is 1.15 bits per heavy atom. The number of carbonyl (C=O) groups excluding carboxylic acids is 2. The van der Waals surface area contributed by atoms with Crippen LogP contribution in [0.5, 0.6) is 0 Å². The third-order valence-corrected chi connectivity index (χ3v) is 4.67. The fourth-order valence-corrected chi connectivity index (χ4v) is 3.27. The SMILES string of the molecule is Cc1noc(CSc2ccccc2C(=O)OC(C(N)=O)c2ccccc2)n1. The Labute approximate surface area is 159 Å². The molecule has 0 spiro atoms. The van der Waals surface area contributed by atoms with Crippen LogP contribution in [0.4, 0.5) is 0 Å². The van der Waals surface area contributed by atoms with E-state index in [0.29, 0.717) is 33.5 Å². The van der Waals surface area contributed by atoms with E-state index in [1.165, 1.54) is 11.8 Å². The van der Waals surface area contributed by atoms with E-state index in [2.05, 4.69) is 10.1 Å². The summed E-state index contributed by atoms with van der Waals surface area (Å²) in [7, 11) is 0. The first-order chi connectivity index (χ1) is 13.0. The van der Waals surface area contributed by atoms with Crippen LogP contribution in [-0.2, 0) is 15.3 Å². The molecule has 0 saturated heterocycles. The van der Waals surface area contributed by atoms with E-state index in [1.807, 2.05) is 0 Å². The molecule has 3 aromatic rings. The van der Waals surface area contributed by atoms with E-state index in [4.69, 9.17) is 15.0 Å². The number of esters is 1. The molecular formula is C19H17N3O4S. The van der Waals surface area contributed by atoms with Gasteiger partial charge in [0.05, 0.1) is 11.3 Å². The van der Waals surface area contributed by atoms with Crippen LogP contribution in [0.25, 0.3) is 0 Å². The molecule has 0 bridgehead atoms. The highest BCUT2D eigenvalue weighted by atomic mass is 32.2. The number of nitrogens with zero attached hydrogens (tertiary/aromatic N) is 2. The second-order valence-corrected chi connectivity index (χ2v) is 6.64. The van der Waals surface area contributed by atoms with E-state index in [0.717, 1.165) is 0 Å². The van der Waals surface area contributed by atoms with Gasteiger partial charge in [0.1, 0.15) is 0 Å². The lowest BCUT2D eigenvalue weighted by molar-refractivity contribution is -0.127. The molecule has 2 N–H and O–H groups in total. The normalized spacial score (nSPS) is 11.7. The topological polar surface area (TPSA) is 108 Å². The van der Waals surface area contributed by atoms with Gasteiger partial charge in [0.2, 0.25) is 12.0 Å². The molecule has 1 aromatic heterocycles. The average molecular weight is 383 g/mol. The minimum absolute atomic E-state index is 0.334. The molecule has 0 aliphatic carbocycles. The summed E-state index contributed by atoms with van der Waals surface area (Å²) < 4.78 is 10.5. The van der Waals surface area contributed by atoms with E-state index < -0.39 is 18.0 Å². The van der Waals surface area contributed by atoms with Crippen molar-refractivity contribution in [3.63, 3.8) is 0 Å². The summed E-state index contributed by atoms with van der Waals surface area (Å²) in [4.78, 5) is 29.3. The molecule has 3 rings (SSSR count). The minimum atomic E-state index is -1.16. The Kier molecular flexibility index (Phi) is 5.87. The fourth-order valence-electron chi connectivity index (χ4n) is 2.39. The van der Waals surface area contributed by atoms with E-state index in [-0.39, 0.29) is 0 Å². The minimum Gasteiger partial charge on any atom is -0.444 e. The van der Waals surface area contributed by atoms with Crippen molar-refractivity contribution in [3.05, 3.63) is 77.4 Å². The highest BCUT2D eigenvalue weighted by Gasteiger charge is 2.24. The Bertz CT molecular complexity index is 943. The Balaban J connectivity index is 1.77. The van der Waals surface area contributed by atoms with Crippen molar-refractivity contribution < 1.29 is 18.8 Å². The molecule has 0 aliphatic heterocycles. The maximum absolute atomic E-state index is 12.7. The van der Waals surface area contributed by atoms with Crippen molar-refractivity contribution >= 4 is 23.6 Å². The molecule has 0 radical (unpaired) electrons. The number of hydrogen-bond acceptors (Lipinski definition) is 7. The van der Waals surface area contributed by atoms with E-state index in [1.54, 1.807) is 61.5 Å². The zero-order chi connectivity index (χ0) is 19.2. The van der Waals surface area contributed by atoms with Gasteiger partial charge >= 0.3 is 5.97 Å². The number of primary amides is 1. The molecule has 7 nitrogen and oxygen atoms in total. The summed E-state index contributed by atoms with van der Waals surface area (Å²) in [5.74, 6) is 0.0437. The molecule has 27 heavy (non-hydrogen) atoms. The maximum atomic E-state index is 12.7. The summed E-state index contributed by atoms with van der Waals surface area (Å²) >= 11 is 1.36. The molecular weight excluding hydrogens is 366 g/mol. The highest BCUT2D eigenvalue weighted by Crippen LogP contribution is 2.28. The van der Waals surface area contributed by atoms with Crippen LogP contribution >= 0.6 is 11.8 Å². The van der Waals surface area contributed by atoms with Gasteiger partial charge < -0.3 is 15.0 Å². The molecule has 1 atom stereocenters. The smallest absolute Gasteiger partial charge is 0.340 e. The number of benzene rings is 2. The second-order valence-electron chi connectivity index (χ2n) is 5.62. The van der Waals surface area contributed by atoms with Gasteiger partial charge in [-0.25, -0.2) is 4.79 Å². The molecule has 1 amide bonds. The van der Waals surface area contributed by atoms with Crippen LogP contribution in [0.1, 0.15) is 33.7 Å². The van der Waals surface area contributed by atoms with Gasteiger partial charge in [0.15, 0.2) is 5.82 Å². The average Bonchev–Trinajstić information content (AvgIpc) is 3.10. The molecule has 0 aliphatic rings. The number of carbonyl (C=O) groups is 2. The molecule has 1 heterocycles. The largest absolute Gasteiger partial charge is 0.444 e. The lowest BCUT2D eigenvalue weighted by Gasteiger charge is -2.16. The highest BCUT2D eigenvalue weighted by molar-refractivity contribution is 7.98. The van der Waals surface area contributed by atoms with Gasteiger partial charge in [-0.3, -0.25) is 4.79 Å². The van der Waals surface area contributed by atoms with Crippen molar-refractivity contribution in [2.24, 2.45) is 5.73 Å². The maximum Gasteiger partial charge on any atom is 0.340 e. The van der Waals surface area contributed by atoms with Gasteiger partial charge in [0.25, 0.3) is 5.91 Å². The van der Waals surface area contributed by atoms with Crippen LogP contribution in [-0.4, -0.2) is 22.0 Å². The van der Waals surface area contributed by atoms with Crippen molar-refractivity contribution in [1.29, 1.82) is 0 Å². The first-order valence-corrected chi connectivity index (χ1v) is 9.09. The predicted octanol–water partition coefficient (Wildman–Crippen LogP) is 3.05. The first kappa shape index (κ1) is 18.7. The molecule has 0 saturated carbocycles. The number of nitrogens with two attached hydrogens (primary N) is 1. The third-order valence-electron chi connectivity index (χ3n) is 3.61. The monoisotopic (exact) mass is 383 g/mol. The van der Waals surface area contributed by atoms with Gasteiger partial charge in [-0.1, -0.05) is 47.6 Å². The second kappa shape index (κ2) is 8.50. The van der Waals surface area contributed by atoms with Gasteiger partial charge in [-0.2, -0.15) is 4.98 Å². The fraction of sp³-hybridized carbons (Fsp3) is 0.158. The van der Waals surface area contributed by atoms with Gasteiger partial charge in [-0.05, 0) is 19.1 Å². The lowest BCUT2D eigenvalue weighted by atomic mass is 10.1. The molecule has 8 heteroatoms. The summed E-state index contributed by atoms with van der Waals surface area (Å²) in [6.07, 6.45) is -1.16.